The van der Waals surface area contributed by atoms with Crippen molar-refractivity contribution in [3.63, 3.8) is 0 Å². The highest BCUT2D eigenvalue weighted by atomic mass is 16.5. The molecular weight excluding hydrogens is 292 g/mol. The predicted octanol–water partition coefficient (Wildman–Crippen LogP) is 3.15. The van der Waals surface area contributed by atoms with E-state index < -0.39 is 0 Å². The van der Waals surface area contributed by atoms with Crippen molar-refractivity contribution in [3.05, 3.63) is 47.7 Å². The van der Waals surface area contributed by atoms with Crippen LogP contribution in [0.5, 0.6) is 5.75 Å². The molecule has 0 aromatic heterocycles. The van der Waals surface area contributed by atoms with E-state index in [-0.39, 0.29) is 17.6 Å². The minimum Gasteiger partial charge on any atom is -0.493 e. The van der Waals surface area contributed by atoms with E-state index in [1.807, 2.05) is 43.3 Å². The number of nitrogens with zero attached hydrogens (tertiary/aromatic N) is 1. The van der Waals surface area contributed by atoms with E-state index in [1.165, 1.54) is 4.90 Å². The molecule has 0 unspecified atom stereocenters. The zero-order valence-electron chi connectivity index (χ0n) is 13.1. The van der Waals surface area contributed by atoms with E-state index in [2.05, 4.69) is 5.32 Å². The van der Waals surface area contributed by atoms with Crippen molar-refractivity contribution in [3.8, 4) is 5.75 Å². The van der Waals surface area contributed by atoms with Crippen LogP contribution < -0.4 is 10.1 Å². The van der Waals surface area contributed by atoms with Gasteiger partial charge in [0.2, 0.25) is 0 Å². The maximum absolute atomic E-state index is 12.3. The lowest BCUT2D eigenvalue weighted by molar-refractivity contribution is -0.122. The van der Waals surface area contributed by atoms with Crippen molar-refractivity contribution < 1.29 is 14.3 Å². The Morgan fingerprint density at radius 2 is 1.91 bits per heavy atom. The van der Waals surface area contributed by atoms with Gasteiger partial charge in [-0.05, 0) is 36.8 Å². The lowest BCUT2D eigenvalue weighted by atomic mass is 10.0. The van der Waals surface area contributed by atoms with E-state index in [9.17, 15) is 9.59 Å². The van der Waals surface area contributed by atoms with Crippen LogP contribution in [0.2, 0.25) is 0 Å². The number of hydrogen-bond acceptors (Lipinski definition) is 3. The molecule has 3 rings (SSSR count). The summed E-state index contributed by atoms with van der Waals surface area (Å²) in [5.41, 5.74) is 1.07. The molecule has 1 fully saturated rings. The molecule has 5 heteroatoms. The van der Waals surface area contributed by atoms with Crippen LogP contribution in [0.15, 0.2) is 42.1 Å². The number of carbonyl (C=O) groups is 2. The second kappa shape index (κ2) is 6.12. The summed E-state index contributed by atoms with van der Waals surface area (Å²) < 4.78 is 5.69. The third-order valence-electron chi connectivity index (χ3n) is 3.80. The number of hydrogen-bond donors (Lipinski definition) is 1. The first-order valence-corrected chi connectivity index (χ1v) is 7.64. The minimum absolute atomic E-state index is 0.272. The Bertz CT molecular complexity index is 811. The second-order valence-corrected chi connectivity index (χ2v) is 5.17. The number of carbonyl (C=O) groups excluding carboxylic acids is 2. The highest BCUT2D eigenvalue weighted by Crippen LogP contribution is 2.30. The van der Waals surface area contributed by atoms with Gasteiger partial charge in [0.1, 0.15) is 11.4 Å². The first-order valence-electron chi connectivity index (χ1n) is 7.64. The van der Waals surface area contributed by atoms with Gasteiger partial charge in [-0.3, -0.25) is 9.69 Å². The maximum atomic E-state index is 12.3. The fraction of sp³-hybridized carbons (Fsp3) is 0.222. The number of ether oxygens (including phenoxy) is 1. The van der Waals surface area contributed by atoms with Gasteiger partial charge in [-0.2, -0.15) is 0 Å². The Morgan fingerprint density at radius 3 is 2.61 bits per heavy atom. The van der Waals surface area contributed by atoms with Crippen molar-refractivity contribution in [2.75, 3.05) is 13.2 Å². The summed E-state index contributed by atoms with van der Waals surface area (Å²) in [6, 6.07) is 11.4. The van der Waals surface area contributed by atoms with E-state index in [1.54, 1.807) is 13.0 Å². The monoisotopic (exact) mass is 310 g/mol. The number of rotatable bonds is 4. The molecule has 0 spiro atoms. The molecule has 1 aliphatic rings. The van der Waals surface area contributed by atoms with Crippen molar-refractivity contribution in [1.82, 2.24) is 10.2 Å². The summed E-state index contributed by atoms with van der Waals surface area (Å²) >= 11 is 0. The third kappa shape index (κ3) is 2.65. The fourth-order valence-corrected chi connectivity index (χ4v) is 2.71. The summed E-state index contributed by atoms with van der Waals surface area (Å²) in [7, 11) is 0. The van der Waals surface area contributed by atoms with Crippen molar-refractivity contribution in [1.29, 1.82) is 0 Å². The summed E-state index contributed by atoms with van der Waals surface area (Å²) in [4.78, 5) is 25.3. The van der Waals surface area contributed by atoms with Gasteiger partial charge in [-0.25, -0.2) is 4.79 Å². The van der Waals surface area contributed by atoms with Crippen LogP contribution in [-0.2, 0) is 4.79 Å². The van der Waals surface area contributed by atoms with Crippen molar-refractivity contribution >= 4 is 28.8 Å². The smallest absolute Gasteiger partial charge is 0.328 e. The average molecular weight is 310 g/mol. The van der Waals surface area contributed by atoms with E-state index in [4.69, 9.17) is 4.74 Å². The Balaban J connectivity index is 2.15. The molecule has 2 aromatic rings. The molecule has 1 N–H and O–H groups in total. The van der Waals surface area contributed by atoms with Gasteiger partial charge in [0.25, 0.3) is 5.91 Å². The predicted molar refractivity (Wildman–Crippen MR) is 89.0 cm³/mol. The molecule has 0 radical (unpaired) electrons. The quantitative estimate of drug-likeness (QED) is 0.697. The average Bonchev–Trinajstić information content (AvgIpc) is 2.83. The van der Waals surface area contributed by atoms with Gasteiger partial charge >= 0.3 is 6.03 Å². The fourth-order valence-electron chi connectivity index (χ4n) is 2.71. The number of fused-ring (bicyclic) bond motifs is 1. The van der Waals surface area contributed by atoms with E-state index in [0.717, 1.165) is 16.3 Å². The molecule has 2 aromatic carbocycles. The topological polar surface area (TPSA) is 58.6 Å². The molecule has 23 heavy (non-hydrogen) atoms. The van der Waals surface area contributed by atoms with Gasteiger partial charge in [0.05, 0.1) is 6.61 Å². The molecule has 1 aliphatic heterocycles. The molecule has 5 nitrogen and oxygen atoms in total. The van der Waals surface area contributed by atoms with Crippen molar-refractivity contribution in [2.24, 2.45) is 0 Å². The Labute approximate surface area is 134 Å². The van der Waals surface area contributed by atoms with E-state index in [0.29, 0.717) is 18.9 Å². The number of nitrogens with one attached hydrogen (secondary N) is 1. The lowest BCUT2D eigenvalue weighted by Crippen LogP contribution is -2.30. The Morgan fingerprint density at radius 1 is 1.13 bits per heavy atom. The number of urea groups is 1. The molecule has 0 saturated carbocycles. The van der Waals surface area contributed by atoms with E-state index >= 15 is 0 Å². The van der Waals surface area contributed by atoms with Crippen molar-refractivity contribution in [2.45, 2.75) is 13.8 Å². The Kier molecular flexibility index (Phi) is 4.02. The van der Waals surface area contributed by atoms with Gasteiger partial charge < -0.3 is 10.1 Å². The molecule has 118 valence electrons. The summed E-state index contributed by atoms with van der Waals surface area (Å²) in [6.07, 6.45) is 1.70. The summed E-state index contributed by atoms with van der Waals surface area (Å²) in [5.74, 6) is 0.378. The first-order chi connectivity index (χ1) is 11.2. The molecule has 0 bridgehead atoms. The largest absolute Gasteiger partial charge is 0.493 e. The van der Waals surface area contributed by atoms with Crippen LogP contribution in [0, 0.1) is 0 Å². The van der Waals surface area contributed by atoms with Crippen LogP contribution in [-0.4, -0.2) is 30.0 Å². The normalized spacial score (nSPS) is 16.3. The second-order valence-electron chi connectivity index (χ2n) is 5.17. The minimum atomic E-state index is -0.387. The SMILES string of the molecule is CCOc1ccc2ccccc2c1C=C1NC(=O)N(CC)C1=O. The lowest BCUT2D eigenvalue weighted by Gasteiger charge is -2.11. The molecular formula is C18H18N2O3. The molecule has 3 amide bonds. The standard InChI is InChI=1S/C18H18N2O3/c1-3-20-17(21)15(19-18(20)22)11-14-13-8-6-5-7-12(13)9-10-16(14)23-4-2/h5-11H,3-4H2,1-2H3,(H,19,22). The Hall–Kier alpha value is -2.82. The zero-order valence-corrected chi connectivity index (χ0v) is 13.1. The van der Waals surface area contributed by atoms with Gasteiger partial charge in [0, 0.05) is 12.1 Å². The molecule has 1 saturated heterocycles. The van der Waals surface area contributed by atoms with Crippen LogP contribution in [0.1, 0.15) is 19.4 Å². The maximum Gasteiger partial charge on any atom is 0.328 e. The molecule has 1 heterocycles. The van der Waals surface area contributed by atoms with Crippen LogP contribution in [0.4, 0.5) is 4.79 Å². The summed E-state index contributed by atoms with van der Waals surface area (Å²) in [6.45, 7) is 4.54. The number of benzene rings is 2. The number of amides is 3. The molecule has 0 atom stereocenters. The number of likely N-dealkylation sites (N-methyl/N-ethyl adjacent to an activating group) is 1. The van der Waals surface area contributed by atoms with Gasteiger partial charge in [-0.1, -0.05) is 30.3 Å². The van der Waals surface area contributed by atoms with Crippen LogP contribution >= 0.6 is 0 Å². The van der Waals surface area contributed by atoms with Gasteiger partial charge in [0.15, 0.2) is 0 Å². The number of imide groups is 1. The third-order valence-corrected chi connectivity index (χ3v) is 3.80. The zero-order chi connectivity index (χ0) is 16.4. The summed E-state index contributed by atoms with van der Waals surface area (Å²) in [5, 5.41) is 4.65. The van der Waals surface area contributed by atoms with Crippen LogP contribution in [0.25, 0.3) is 16.8 Å². The van der Waals surface area contributed by atoms with Crippen LogP contribution in [0.3, 0.4) is 0 Å². The highest BCUT2D eigenvalue weighted by Gasteiger charge is 2.32. The van der Waals surface area contributed by atoms with Gasteiger partial charge in [-0.15, -0.1) is 0 Å². The molecule has 0 aliphatic carbocycles. The first kappa shape index (κ1) is 15.1. The highest BCUT2D eigenvalue weighted by molar-refractivity contribution is 6.14.